The molecule has 0 amide bonds. The second-order valence-electron chi connectivity index (χ2n) is 4.18. The van der Waals surface area contributed by atoms with E-state index in [0.29, 0.717) is 6.04 Å². The van der Waals surface area contributed by atoms with Crippen molar-refractivity contribution in [3.8, 4) is 0 Å². The Morgan fingerprint density at radius 3 is 3.13 bits per heavy atom. The first-order valence-corrected chi connectivity index (χ1v) is 7.14. The second kappa shape index (κ2) is 5.80. The van der Waals surface area contributed by atoms with Crippen molar-refractivity contribution in [1.82, 2.24) is 5.32 Å². The third-order valence-corrected chi connectivity index (χ3v) is 4.49. The zero-order chi connectivity index (χ0) is 10.5. The van der Waals surface area contributed by atoms with Crippen LogP contribution in [-0.2, 0) is 4.74 Å². The third-order valence-electron chi connectivity index (χ3n) is 3.03. The molecule has 1 N–H and O–H groups in total. The van der Waals surface area contributed by atoms with E-state index in [-0.39, 0.29) is 0 Å². The number of rotatable bonds is 4. The normalized spacial score (nSPS) is 28.3. The summed E-state index contributed by atoms with van der Waals surface area (Å²) in [6, 6.07) is 0.461. The molecule has 1 fully saturated rings. The van der Waals surface area contributed by atoms with Crippen molar-refractivity contribution >= 4 is 11.8 Å². The lowest BCUT2D eigenvalue weighted by Gasteiger charge is -2.28. The molecule has 0 spiro atoms. The van der Waals surface area contributed by atoms with Crippen molar-refractivity contribution in [1.29, 1.82) is 0 Å². The Kier molecular flexibility index (Phi) is 4.39. The molecule has 0 aromatic carbocycles. The molecule has 2 unspecified atom stereocenters. The van der Waals surface area contributed by atoms with Crippen molar-refractivity contribution in [3.63, 3.8) is 0 Å². The highest BCUT2D eigenvalue weighted by Gasteiger charge is 2.29. The van der Waals surface area contributed by atoms with Crippen molar-refractivity contribution in [2.24, 2.45) is 0 Å². The van der Waals surface area contributed by atoms with Crippen LogP contribution >= 0.6 is 11.8 Å². The molecular formula is C12H21NOS. The molecule has 0 aromatic rings. The summed E-state index contributed by atoms with van der Waals surface area (Å²) in [6.45, 7) is 4.11. The Morgan fingerprint density at radius 2 is 2.53 bits per heavy atom. The van der Waals surface area contributed by atoms with Gasteiger partial charge in [-0.25, -0.2) is 0 Å². The van der Waals surface area contributed by atoms with Gasteiger partial charge in [-0.2, -0.15) is 11.8 Å². The largest absolute Gasteiger partial charge is 0.497 e. The van der Waals surface area contributed by atoms with E-state index < -0.39 is 0 Å². The lowest BCUT2D eigenvalue weighted by atomic mass is 10.1. The number of hydrogen-bond donors (Lipinski definition) is 1. The SMILES string of the molecule is CCNC(C1=CCCCO1)C1CCCS1. The third kappa shape index (κ3) is 2.91. The molecule has 1 saturated heterocycles. The summed E-state index contributed by atoms with van der Waals surface area (Å²) in [5.41, 5.74) is 0. The zero-order valence-corrected chi connectivity index (χ0v) is 10.3. The van der Waals surface area contributed by atoms with Crippen LogP contribution in [0.25, 0.3) is 0 Å². The van der Waals surface area contributed by atoms with E-state index in [1.54, 1.807) is 0 Å². The first kappa shape index (κ1) is 11.3. The molecule has 0 aromatic heterocycles. The van der Waals surface area contributed by atoms with Gasteiger partial charge < -0.3 is 10.1 Å². The van der Waals surface area contributed by atoms with Crippen molar-refractivity contribution in [2.75, 3.05) is 18.9 Å². The average Bonchev–Trinajstić information content (AvgIpc) is 2.80. The summed E-state index contributed by atoms with van der Waals surface area (Å²) in [4.78, 5) is 0. The van der Waals surface area contributed by atoms with Crippen LogP contribution in [0.1, 0.15) is 32.6 Å². The van der Waals surface area contributed by atoms with Gasteiger partial charge in [0.1, 0.15) is 5.76 Å². The Hall–Kier alpha value is -0.150. The van der Waals surface area contributed by atoms with Crippen LogP contribution in [0.4, 0.5) is 0 Å². The van der Waals surface area contributed by atoms with Crippen molar-refractivity contribution < 1.29 is 4.74 Å². The van der Waals surface area contributed by atoms with Gasteiger partial charge in [0.15, 0.2) is 0 Å². The van der Waals surface area contributed by atoms with Crippen LogP contribution < -0.4 is 5.32 Å². The van der Waals surface area contributed by atoms with Crippen LogP contribution in [0.15, 0.2) is 11.8 Å². The number of ether oxygens (including phenoxy) is 1. The van der Waals surface area contributed by atoms with E-state index in [0.717, 1.165) is 18.4 Å². The summed E-state index contributed by atoms with van der Waals surface area (Å²) in [6.07, 6.45) is 7.36. The van der Waals surface area contributed by atoms with Gasteiger partial charge in [0.25, 0.3) is 0 Å². The topological polar surface area (TPSA) is 21.3 Å². The van der Waals surface area contributed by atoms with Gasteiger partial charge in [-0.3, -0.25) is 0 Å². The lowest BCUT2D eigenvalue weighted by Crippen LogP contribution is -2.40. The number of hydrogen-bond acceptors (Lipinski definition) is 3. The predicted molar refractivity (Wildman–Crippen MR) is 66.2 cm³/mol. The fourth-order valence-electron chi connectivity index (χ4n) is 2.29. The highest BCUT2D eigenvalue weighted by Crippen LogP contribution is 2.32. The van der Waals surface area contributed by atoms with Gasteiger partial charge in [0.05, 0.1) is 12.6 Å². The maximum Gasteiger partial charge on any atom is 0.110 e. The van der Waals surface area contributed by atoms with Crippen LogP contribution in [0.5, 0.6) is 0 Å². The minimum atomic E-state index is 0.461. The smallest absolute Gasteiger partial charge is 0.110 e. The fourth-order valence-corrected chi connectivity index (χ4v) is 3.69. The molecule has 2 aliphatic heterocycles. The van der Waals surface area contributed by atoms with Gasteiger partial charge in [-0.15, -0.1) is 0 Å². The molecule has 0 aliphatic carbocycles. The maximum absolute atomic E-state index is 5.79. The van der Waals surface area contributed by atoms with Crippen LogP contribution in [0.2, 0.25) is 0 Å². The van der Waals surface area contributed by atoms with Crippen LogP contribution in [0.3, 0.4) is 0 Å². The van der Waals surface area contributed by atoms with Gasteiger partial charge in [-0.1, -0.05) is 6.92 Å². The highest BCUT2D eigenvalue weighted by atomic mass is 32.2. The summed E-state index contributed by atoms with van der Waals surface area (Å²) in [5.74, 6) is 2.53. The highest BCUT2D eigenvalue weighted by molar-refractivity contribution is 8.00. The number of nitrogens with one attached hydrogen (secondary N) is 1. The fraction of sp³-hybridized carbons (Fsp3) is 0.833. The Balaban J connectivity index is 2.00. The monoisotopic (exact) mass is 227 g/mol. The van der Waals surface area contributed by atoms with E-state index in [1.165, 1.54) is 37.2 Å². The Labute approximate surface area is 96.8 Å². The van der Waals surface area contributed by atoms with E-state index >= 15 is 0 Å². The van der Waals surface area contributed by atoms with Crippen molar-refractivity contribution in [2.45, 2.75) is 43.9 Å². The summed E-state index contributed by atoms with van der Waals surface area (Å²) in [5, 5.41) is 4.31. The van der Waals surface area contributed by atoms with Crippen LogP contribution in [0, 0.1) is 0 Å². The summed E-state index contributed by atoms with van der Waals surface area (Å²) >= 11 is 2.10. The quantitative estimate of drug-likeness (QED) is 0.797. The maximum atomic E-state index is 5.79. The Morgan fingerprint density at radius 1 is 1.60 bits per heavy atom. The summed E-state index contributed by atoms with van der Waals surface area (Å²) < 4.78 is 5.79. The molecule has 86 valence electrons. The van der Waals surface area contributed by atoms with Crippen LogP contribution in [-0.4, -0.2) is 30.2 Å². The molecule has 3 heteroatoms. The van der Waals surface area contributed by atoms with Gasteiger partial charge in [0, 0.05) is 5.25 Å². The average molecular weight is 227 g/mol. The van der Waals surface area contributed by atoms with Gasteiger partial charge in [-0.05, 0) is 44.1 Å². The standard InChI is InChI=1S/C12H21NOS/c1-2-13-12(11-7-5-9-15-11)10-6-3-4-8-14-10/h6,11-13H,2-5,7-9H2,1H3. The minimum absolute atomic E-state index is 0.461. The molecule has 2 rings (SSSR count). The van der Waals surface area contributed by atoms with E-state index in [9.17, 15) is 0 Å². The number of allylic oxidation sites excluding steroid dienone is 1. The minimum Gasteiger partial charge on any atom is -0.497 e. The molecule has 0 radical (unpaired) electrons. The molecule has 2 aliphatic rings. The van der Waals surface area contributed by atoms with E-state index in [1.807, 2.05) is 0 Å². The molecular weight excluding hydrogens is 206 g/mol. The summed E-state index contributed by atoms with van der Waals surface area (Å²) in [7, 11) is 0. The molecule has 15 heavy (non-hydrogen) atoms. The predicted octanol–water partition coefficient (Wildman–Crippen LogP) is 2.55. The molecule has 2 atom stereocenters. The van der Waals surface area contributed by atoms with Crippen molar-refractivity contribution in [3.05, 3.63) is 11.8 Å². The number of thioether (sulfide) groups is 1. The molecule has 0 bridgehead atoms. The first-order chi connectivity index (χ1) is 7.42. The second-order valence-corrected chi connectivity index (χ2v) is 5.53. The molecule has 0 saturated carbocycles. The van der Waals surface area contributed by atoms with E-state index in [4.69, 9.17) is 4.74 Å². The van der Waals surface area contributed by atoms with Gasteiger partial charge in [0.2, 0.25) is 0 Å². The Bertz CT molecular complexity index is 224. The van der Waals surface area contributed by atoms with Gasteiger partial charge >= 0.3 is 0 Å². The zero-order valence-electron chi connectivity index (χ0n) is 9.50. The van der Waals surface area contributed by atoms with E-state index in [2.05, 4.69) is 30.1 Å². The molecule has 2 nitrogen and oxygen atoms in total. The first-order valence-electron chi connectivity index (χ1n) is 6.09. The number of likely N-dealkylation sites (N-methyl/N-ethyl adjacent to an activating group) is 1. The lowest BCUT2D eigenvalue weighted by molar-refractivity contribution is 0.166. The molecule has 2 heterocycles.